The van der Waals surface area contributed by atoms with Crippen molar-refractivity contribution in [1.29, 1.82) is 0 Å². The maximum Gasteiger partial charge on any atom is 0.156 e. The average molecular weight is 266 g/mol. The second-order valence-corrected chi connectivity index (χ2v) is 7.95. The summed E-state index contributed by atoms with van der Waals surface area (Å²) in [6, 6.07) is 0. The van der Waals surface area contributed by atoms with Crippen molar-refractivity contribution < 1.29 is 0 Å². The molecule has 0 atom stereocenters. The molecule has 0 aromatic heterocycles. The van der Waals surface area contributed by atoms with Gasteiger partial charge in [-0.05, 0) is 36.5 Å². The highest BCUT2D eigenvalue weighted by Crippen LogP contribution is 2.43. The first-order chi connectivity index (χ1) is 8.70. The zero-order valence-corrected chi connectivity index (χ0v) is 12.5. The first kappa shape index (κ1) is 12.8. The monoisotopic (exact) mass is 266 g/mol. The lowest BCUT2D eigenvalue weighted by molar-refractivity contribution is 0.333. The number of hydrogen-bond donors (Lipinski definition) is 1. The zero-order chi connectivity index (χ0) is 12.5. The summed E-state index contributed by atoms with van der Waals surface area (Å²) in [7, 11) is 0. The zero-order valence-electron chi connectivity index (χ0n) is 11.6. The fourth-order valence-corrected chi connectivity index (χ4v) is 4.93. The molecule has 2 aliphatic carbocycles. The Balaban J connectivity index is 1.51. The fourth-order valence-electron chi connectivity index (χ4n) is 3.78. The number of rotatable bonds is 2. The lowest BCUT2D eigenvalue weighted by Crippen LogP contribution is -2.37. The van der Waals surface area contributed by atoms with Gasteiger partial charge in [0, 0.05) is 18.8 Å². The molecular formula is C15H26N2S. The van der Waals surface area contributed by atoms with Crippen LogP contribution in [0.3, 0.4) is 0 Å². The van der Waals surface area contributed by atoms with Crippen LogP contribution in [0, 0.1) is 10.8 Å². The molecule has 3 rings (SSSR count). The van der Waals surface area contributed by atoms with Crippen LogP contribution < -0.4 is 5.32 Å². The Morgan fingerprint density at radius 3 is 2.39 bits per heavy atom. The second-order valence-electron chi connectivity index (χ2n) is 6.99. The van der Waals surface area contributed by atoms with E-state index in [0.29, 0.717) is 10.8 Å². The molecule has 1 aliphatic heterocycles. The van der Waals surface area contributed by atoms with Crippen LogP contribution in [0.1, 0.15) is 58.3 Å². The third kappa shape index (κ3) is 2.71. The average Bonchev–Trinajstić information content (AvgIpc) is 3.00. The molecule has 102 valence electrons. The van der Waals surface area contributed by atoms with Crippen LogP contribution in [0.4, 0.5) is 0 Å². The van der Waals surface area contributed by atoms with E-state index >= 15 is 0 Å². The summed E-state index contributed by atoms with van der Waals surface area (Å²) in [5, 5.41) is 4.85. The Kier molecular flexibility index (Phi) is 3.61. The maximum absolute atomic E-state index is 4.83. The smallest absolute Gasteiger partial charge is 0.156 e. The van der Waals surface area contributed by atoms with Gasteiger partial charge in [-0.1, -0.05) is 44.4 Å². The lowest BCUT2D eigenvalue weighted by atomic mass is 9.88. The van der Waals surface area contributed by atoms with Crippen LogP contribution in [0.25, 0.3) is 0 Å². The van der Waals surface area contributed by atoms with Gasteiger partial charge in [-0.3, -0.25) is 4.99 Å². The normalized spacial score (nSPS) is 29.5. The number of nitrogens with one attached hydrogen (secondary N) is 1. The number of nitrogens with zero attached hydrogens (tertiary/aromatic N) is 1. The first-order valence-electron chi connectivity index (χ1n) is 7.61. The van der Waals surface area contributed by atoms with E-state index in [9.17, 15) is 0 Å². The molecule has 1 N–H and O–H groups in total. The van der Waals surface area contributed by atoms with Gasteiger partial charge in [-0.25, -0.2) is 0 Å². The van der Waals surface area contributed by atoms with E-state index in [4.69, 9.17) is 4.99 Å². The van der Waals surface area contributed by atoms with Crippen molar-refractivity contribution in [2.24, 2.45) is 15.8 Å². The number of hydrogen-bond acceptors (Lipinski definition) is 3. The number of aliphatic imine (C=N–C) groups is 1. The maximum atomic E-state index is 4.83. The summed E-state index contributed by atoms with van der Waals surface area (Å²) in [6.45, 7) is 4.64. The van der Waals surface area contributed by atoms with E-state index in [2.05, 4.69) is 12.2 Å². The summed E-state index contributed by atoms with van der Waals surface area (Å²) in [4.78, 5) is 4.83. The molecule has 0 radical (unpaired) electrons. The Labute approximate surface area is 115 Å². The molecule has 2 saturated carbocycles. The number of thioether (sulfide) groups is 1. The second kappa shape index (κ2) is 5.07. The summed E-state index contributed by atoms with van der Waals surface area (Å²) >= 11 is 1.98. The summed E-state index contributed by atoms with van der Waals surface area (Å²) < 4.78 is 0. The Morgan fingerprint density at radius 2 is 1.78 bits per heavy atom. The van der Waals surface area contributed by atoms with Gasteiger partial charge in [-0.2, -0.15) is 0 Å². The lowest BCUT2D eigenvalue weighted by Gasteiger charge is -2.32. The molecule has 1 spiro atoms. The third-order valence-corrected chi connectivity index (χ3v) is 6.52. The van der Waals surface area contributed by atoms with Crippen LogP contribution in [0.15, 0.2) is 4.99 Å². The molecule has 2 nitrogen and oxygen atoms in total. The van der Waals surface area contributed by atoms with Crippen molar-refractivity contribution in [1.82, 2.24) is 5.32 Å². The summed E-state index contributed by atoms with van der Waals surface area (Å²) in [5.74, 6) is 1.30. The Hall–Kier alpha value is -0.180. The van der Waals surface area contributed by atoms with Crippen molar-refractivity contribution in [2.45, 2.75) is 58.3 Å². The van der Waals surface area contributed by atoms with Gasteiger partial charge in [0.05, 0.1) is 0 Å². The molecule has 2 fully saturated rings. The molecule has 0 unspecified atom stereocenters. The van der Waals surface area contributed by atoms with Crippen molar-refractivity contribution in [3.63, 3.8) is 0 Å². The minimum atomic E-state index is 0.533. The largest absolute Gasteiger partial charge is 0.364 e. The van der Waals surface area contributed by atoms with Crippen LogP contribution >= 0.6 is 11.8 Å². The van der Waals surface area contributed by atoms with Gasteiger partial charge in [0.2, 0.25) is 0 Å². The van der Waals surface area contributed by atoms with Crippen molar-refractivity contribution in [2.75, 3.05) is 18.8 Å². The summed E-state index contributed by atoms with van der Waals surface area (Å²) in [6.07, 6.45) is 11.3. The minimum Gasteiger partial charge on any atom is -0.364 e. The van der Waals surface area contributed by atoms with Crippen LogP contribution in [-0.2, 0) is 0 Å². The summed E-state index contributed by atoms with van der Waals surface area (Å²) in [5.41, 5.74) is 1.11. The predicted octanol–water partition coefficient (Wildman–Crippen LogP) is 3.82. The molecular weight excluding hydrogens is 240 g/mol. The standard InChI is InChI=1S/C15H26N2S/c1-14(6-2-3-7-14)10-16-13-17-11-15(12-18-13)8-4-5-9-15/h2-12H2,1H3,(H,16,17). The third-order valence-electron chi connectivity index (χ3n) is 5.21. The SMILES string of the molecule is CC1(CNC2=NCC3(CCCC3)CS2)CCCC1. The molecule has 1 heterocycles. The van der Waals surface area contributed by atoms with E-state index in [1.165, 1.54) is 62.3 Å². The van der Waals surface area contributed by atoms with Gasteiger partial charge >= 0.3 is 0 Å². The first-order valence-corrected chi connectivity index (χ1v) is 8.60. The molecule has 3 aliphatic rings. The van der Waals surface area contributed by atoms with Gasteiger partial charge in [-0.15, -0.1) is 0 Å². The topological polar surface area (TPSA) is 24.4 Å². The van der Waals surface area contributed by atoms with Crippen molar-refractivity contribution in [3.05, 3.63) is 0 Å². The van der Waals surface area contributed by atoms with Crippen molar-refractivity contribution in [3.8, 4) is 0 Å². The van der Waals surface area contributed by atoms with Crippen LogP contribution in [0.5, 0.6) is 0 Å². The van der Waals surface area contributed by atoms with E-state index in [0.717, 1.165) is 13.1 Å². The van der Waals surface area contributed by atoms with E-state index in [-0.39, 0.29) is 0 Å². The highest BCUT2D eigenvalue weighted by atomic mass is 32.2. The molecule has 0 aromatic rings. The minimum absolute atomic E-state index is 0.533. The molecule has 0 amide bonds. The van der Waals surface area contributed by atoms with Gasteiger partial charge in [0.25, 0.3) is 0 Å². The Bertz CT molecular complexity index is 325. The Morgan fingerprint density at radius 1 is 1.11 bits per heavy atom. The molecule has 0 saturated heterocycles. The highest BCUT2D eigenvalue weighted by molar-refractivity contribution is 8.13. The predicted molar refractivity (Wildman–Crippen MR) is 80.2 cm³/mol. The van der Waals surface area contributed by atoms with Gasteiger partial charge in [0.1, 0.15) is 0 Å². The van der Waals surface area contributed by atoms with Crippen LogP contribution in [0.2, 0.25) is 0 Å². The van der Waals surface area contributed by atoms with E-state index < -0.39 is 0 Å². The fraction of sp³-hybridized carbons (Fsp3) is 0.933. The molecule has 0 bridgehead atoms. The van der Waals surface area contributed by atoms with E-state index in [1.807, 2.05) is 11.8 Å². The molecule has 0 aromatic carbocycles. The van der Waals surface area contributed by atoms with E-state index in [1.54, 1.807) is 0 Å². The molecule has 18 heavy (non-hydrogen) atoms. The van der Waals surface area contributed by atoms with Crippen LogP contribution in [-0.4, -0.2) is 24.0 Å². The quantitative estimate of drug-likeness (QED) is 0.821. The van der Waals surface area contributed by atoms with Crippen molar-refractivity contribution >= 4 is 16.9 Å². The van der Waals surface area contributed by atoms with Gasteiger partial charge < -0.3 is 5.32 Å². The molecule has 3 heteroatoms. The van der Waals surface area contributed by atoms with Gasteiger partial charge in [0.15, 0.2) is 5.17 Å². The number of amidine groups is 1. The highest BCUT2D eigenvalue weighted by Gasteiger charge is 2.37.